The van der Waals surface area contributed by atoms with E-state index >= 15 is 0 Å². The lowest BCUT2D eigenvalue weighted by molar-refractivity contribution is -0.144. The fourth-order valence-corrected chi connectivity index (χ4v) is 4.78. The van der Waals surface area contributed by atoms with Gasteiger partial charge in [0.05, 0.1) is 12.8 Å². The van der Waals surface area contributed by atoms with Crippen molar-refractivity contribution in [3.8, 4) is 0 Å². The van der Waals surface area contributed by atoms with Crippen molar-refractivity contribution in [2.75, 3.05) is 13.7 Å². The summed E-state index contributed by atoms with van der Waals surface area (Å²) < 4.78 is 32.5. The average Bonchev–Trinajstić information content (AvgIpc) is 2.95. The first-order valence-electron chi connectivity index (χ1n) is 6.09. The lowest BCUT2D eigenvalue weighted by Gasteiger charge is -2.21. The first-order chi connectivity index (χ1) is 9.30. The molecule has 2 rings (SSSR count). The SMILES string of the molecule is COC(=O)C1CCCN1S(=O)(=O)c1c(C)nn(C)c1Cl. The molecule has 1 atom stereocenters. The van der Waals surface area contributed by atoms with E-state index in [4.69, 9.17) is 11.6 Å². The standard InChI is InChI=1S/C11H16ClN3O4S/c1-7-9(10(12)14(2)13-7)20(17,18)15-6-4-5-8(15)11(16)19-3/h8H,4-6H2,1-3H3. The van der Waals surface area contributed by atoms with Crippen LogP contribution in [0.15, 0.2) is 4.90 Å². The first kappa shape index (κ1) is 15.3. The van der Waals surface area contributed by atoms with Gasteiger partial charge in [0.25, 0.3) is 0 Å². The third-order valence-corrected chi connectivity index (χ3v) is 5.95. The van der Waals surface area contributed by atoms with E-state index in [9.17, 15) is 13.2 Å². The molecule has 9 heteroatoms. The van der Waals surface area contributed by atoms with E-state index in [-0.39, 0.29) is 16.6 Å². The van der Waals surface area contributed by atoms with E-state index in [1.165, 1.54) is 11.8 Å². The van der Waals surface area contributed by atoms with Crippen LogP contribution in [-0.2, 0) is 26.6 Å². The zero-order valence-corrected chi connectivity index (χ0v) is 13.0. The molecule has 20 heavy (non-hydrogen) atoms. The van der Waals surface area contributed by atoms with Crippen LogP contribution in [0.4, 0.5) is 0 Å². The van der Waals surface area contributed by atoms with E-state index in [2.05, 4.69) is 9.84 Å². The zero-order chi connectivity index (χ0) is 15.1. The highest BCUT2D eigenvalue weighted by Gasteiger charge is 2.42. The van der Waals surface area contributed by atoms with Crippen molar-refractivity contribution in [2.45, 2.75) is 30.7 Å². The van der Waals surface area contributed by atoms with E-state index in [0.717, 1.165) is 4.31 Å². The van der Waals surface area contributed by atoms with Gasteiger partial charge in [0.1, 0.15) is 16.1 Å². The number of aryl methyl sites for hydroxylation is 2. The van der Waals surface area contributed by atoms with E-state index in [1.807, 2.05) is 0 Å². The second-order valence-corrected chi connectivity index (χ2v) is 6.81. The summed E-state index contributed by atoms with van der Waals surface area (Å²) in [5, 5.41) is 4.04. The summed E-state index contributed by atoms with van der Waals surface area (Å²) in [6, 6.07) is -0.791. The van der Waals surface area contributed by atoms with Crippen molar-refractivity contribution in [1.29, 1.82) is 0 Å². The number of methoxy groups -OCH3 is 1. The number of halogens is 1. The van der Waals surface area contributed by atoms with Gasteiger partial charge >= 0.3 is 5.97 Å². The fourth-order valence-electron chi connectivity index (χ4n) is 2.42. The van der Waals surface area contributed by atoms with Crippen molar-refractivity contribution in [3.05, 3.63) is 10.8 Å². The molecule has 1 fully saturated rings. The minimum absolute atomic E-state index is 0.0398. The number of rotatable bonds is 3. The van der Waals surface area contributed by atoms with Crippen LogP contribution in [0.2, 0.25) is 5.15 Å². The van der Waals surface area contributed by atoms with Gasteiger partial charge in [0.15, 0.2) is 0 Å². The van der Waals surface area contributed by atoms with Crippen molar-refractivity contribution in [1.82, 2.24) is 14.1 Å². The number of esters is 1. The summed E-state index contributed by atoms with van der Waals surface area (Å²) in [7, 11) is -1.06. The number of carbonyl (C=O) groups is 1. The number of nitrogens with zero attached hydrogens (tertiary/aromatic N) is 3. The molecule has 1 aromatic heterocycles. The van der Waals surface area contributed by atoms with Crippen LogP contribution in [0.3, 0.4) is 0 Å². The lowest BCUT2D eigenvalue weighted by atomic mass is 10.2. The molecule has 1 aromatic rings. The van der Waals surface area contributed by atoms with Gasteiger partial charge in [-0.2, -0.15) is 9.40 Å². The van der Waals surface area contributed by atoms with Crippen LogP contribution >= 0.6 is 11.6 Å². The van der Waals surface area contributed by atoms with Gasteiger partial charge in [-0.25, -0.2) is 8.42 Å². The highest BCUT2D eigenvalue weighted by Crippen LogP contribution is 2.32. The Kier molecular flexibility index (Phi) is 4.08. The maximum Gasteiger partial charge on any atom is 0.324 e. The van der Waals surface area contributed by atoms with Gasteiger partial charge in [0.2, 0.25) is 10.0 Å². The Balaban J connectivity index is 2.47. The maximum absolute atomic E-state index is 12.7. The summed E-state index contributed by atoms with van der Waals surface area (Å²) in [4.78, 5) is 11.7. The largest absolute Gasteiger partial charge is 0.468 e. The van der Waals surface area contributed by atoms with E-state index < -0.39 is 22.0 Å². The number of aromatic nitrogens is 2. The molecule has 1 aliphatic rings. The molecule has 0 spiro atoms. The molecule has 1 unspecified atom stereocenters. The minimum atomic E-state index is -3.87. The summed E-state index contributed by atoms with van der Waals surface area (Å²) in [5.41, 5.74) is 0.313. The minimum Gasteiger partial charge on any atom is -0.468 e. The van der Waals surface area contributed by atoms with Crippen LogP contribution in [0, 0.1) is 6.92 Å². The van der Waals surface area contributed by atoms with Crippen molar-refractivity contribution >= 4 is 27.6 Å². The van der Waals surface area contributed by atoms with Gasteiger partial charge in [0, 0.05) is 13.6 Å². The van der Waals surface area contributed by atoms with E-state index in [0.29, 0.717) is 18.5 Å². The van der Waals surface area contributed by atoms with Gasteiger partial charge in [-0.1, -0.05) is 11.6 Å². The number of hydrogen-bond donors (Lipinski definition) is 0. The van der Waals surface area contributed by atoms with Crippen LogP contribution in [0.1, 0.15) is 18.5 Å². The Hall–Kier alpha value is -1.12. The topological polar surface area (TPSA) is 81.5 Å². The summed E-state index contributed by atoms with van der Waals surface area (Å²) in [6.07, 6.45) is 1.05. The third-order valence-electron chi connectivity index (χ3n) is 3.34. The third kappa shape index (κ3) is 2.32. The van der Waals surface area contributed by atoms with Crippen molar-refractivity contribution < 1.29 is 17.9 Å². The highest BCUT2D eigenvalue weighted by molar-refractivity contribution is 7.89. The maximum atomic E-state index is 12.7. The normalized spacial score (nSPS) is 20.3. The highest BCUT2D eigenvalue weighted by atomic mass is 35.5. The molecular formula is C11H16ClN3O4S. The van der Waals surface area contributed by atoms with Crippen molar-refractivity contribution in [2.24, 2.45) is 7.05 Å². The predicted octanol–water partition coefficient (Wildman–Crippen LogP) is 0.708. The Morgan fingerprint density at radius 1 is 1.50 bits per heavy atom. The molecule has 7 nitrogen and oxygen atoms in total. The Morgan fingerprint density at radius 3 is 2.65 bits per heavy atom. The molecule has 0 aliphatic carbocycles. The monoisotopic (exact) mass is 321 g/mol. The van der Waals surface area contributed by atoms with Gasteiger partial charge in [-0.05, 0) is 19.8 Å². The Bertz CT molecular complexity index is 640. The Morgan fingerprint density at radius 2 is 2.15 bits per heavy atom. The molecule has 1 saturated heterocycles. The second kappa shape index (κ2) is 5.34. The molecule has 0 saturated carbocycles. The molecule has 0 aromatic carbocycles. The van der Waals surface area contributed by atoms with Gasteiger partial charge in [-0.15, -0.1) is 0 Å². The molecule has 2 heterocycles. The van der Waals surface area contributed by atoms with Gasteiger partial charge < -0.3 is 4.74 Å². The number of ether oxygens (including phenoxy) is 1. The van der Waals surface area contributed by atoms with Crippen LogP contribution in [0.5, 0.6) is 0 Å². The van der Waals surface area contributed by atoms with Crippen LogP contribution in [-0.4, -0.2) is 48.2 Å². The van der Waals surface area contributed by atoms with Crippen molar-refractivity contribution in [3.63, 3.8) is 0 Å². The predicted molar refractivity (Wildman–Crippen MR) is 71.9 cm³/mol. The van der Waals surface area contributed by atoms with Gasteiger partial charge in [-0.3, -0.25) is 9.48 Å². The molecular weight excluding hydrogens is 306 g/mol. The number of carbonyl (C=O) groups excluding carboxylic acids is 1. The summed E-state index contributed by atoms with van der Waals surface area (Å²) in [6.45, 7) is 1.84. The Labute approximate surface area is 122 Å². The molecule has 0 amide bonds. The molecule has 1 aliphatic heterocycles. The number of sulfonamides is 1. The smallest absolute Gasteiger partial charge is 0.324 e. The average molecular weight is 322 g/mol. The lowest BCUT2D eigenvalue weighted by Crippen LogP contribution is -2.41. The molecule has 0 radical (unpaired) electrons. The number of hydrogen-bond acceptors (Lipinski definition) is 5. The van der Waals surface area contributed by atoms with Crippen LogP contribution < -0.4 is 0 Å². The molecule has 112 valence electrons. The van der Waals surface area contributed by atoms with E-state index in [1.54, 1.807) is 14.0 Å². The fraction of sp³-hybridized carbons (Fsp3) is 0.636. The van der Waals surface area contributed by atoms with Crippen LogP contribution in [0.25, 0.3) is 0 Å². The quantitative estimate of drug-likeness (QED) is 0.766. The zero-order valence-electron chi connectivity index (χ0n) is 11.5. The molecule has 0 N–H and O–H groups in total. The second-order valence-electron chi connectivity index (χ2n) is 4.63. The summed E-state index contributed by atoms with van der Waals surface area (Å²) >= 11 is 6.02. The summed E-state index contributed by atoms with van der Waals surface area (Å²) in [5.74, 6) is -0.552. The first-order valence-corrected chi connectivity index (χ1v) is 7.91. The molecule has 0 bridgehead atoms.